The van der Waals surface area contributed by atoms with Gasteiger partial charge in [0.2, 0.25) is 0 Å². The first-order valence-corrected chi connectivity index (χ1v) is 25.8. The third kappa shape index (κ3) is 44.0. The zero-order valence-corrected chi connectivity index (χ0v) is 39.7. The Morgan fingerprint density at radius 2 is 0.655 bits per heavy atom. The van der Waals surface area contributed by atoms with Crippen molar-refractivity contribution in [2.75, 3.05) is 13.2 Å². The molecule has 0 saturated carbocycles. The third-order valence-electron chi connectivity index (χ3n) is 12.1. The molecule has 0 aromatic rings. The molecule has 6 nitrogen and oxygen atoms in total. The van der Waals surface area contributed by atoms with Gasteiger partial charge >= 0.3 is 17.9 Å². The largest absolute Gasteiger partial charge is 0.462 e. The standard InChI is InChI=1S/C52H100O6/c1-6-8-9-10-11-12-21-27-32-37-42-50(53)56-45-49(58-52(55)44-39-34-29-24-23-26-31-36-41-48(5)7-2)46-57-51(54)43-38-33-28-22-19-17-15-13-14-16-18-20-25-30-35-40-47(3)4/h47-49H,6-46H2,1-5H3/t48?,49-/m1/s1. The van der Waals surface area contributed by atoms with Crippen molar-refractivity contribution in [1.29, 1.82) is 0 Å². The molecule has 0 radical (unpaired) electrons. The van der Waals surface area contributed by atoms with Gasteiger partial charge in [0.1, 0.15) is 13.2 Å². The van der Waals surface area contributed by atoms with Crippen LogP contribution in [0.3, 0.4) is 0 Å². The van der Waals surface area contributed by atoms with Crippen LogP contribution in [0.2, 0.25) is 0 Å². The molecule has 0 heterocycles. The third-order valence-corrected chi connectivity index (χ3v) is 12.1. The van der Waals surface area contributed by atoms with Gasteiger partial charge in [-0.1, -0.05) is 247 Å². The fourth-order valence-corrected chi connectivity index (χ4v) is 7.78. The minimum absolute atomic E-state index is 0.0640. The number of unbranched alkanes of at least 4 members (excludes halogenated alkanes) is 30. The summed E-state index contributed by atoms with van der Waals surface area (Å²) >= 11 is 0. The molecule has 58 heavy (non-hydrogen) atoms. The van der Waals surface area contributed by atoms with Crippen LogP contribution < -0.4 is 0 Å². The molecule has 0 aliphatic heterocycles. The van der Waals surface area contributed by atoms with E-state index in [2.05, 4.69) is 34.6 Å². The number of ether oxygens (including phenoxy) is 3. The molecule has 0 spiro atoms. The monoisotopic (exact) mass is 821 g/mol. The van der Waals surface area contributed by atoms with Crippen LogP contribution in [0.25, 0.3) is 0 Å². The van der Waals surface area contributed by atoms with Crippen molar-refractivity contribution in [2.24, 2.45) is 11.8 Å². The summed E-state index contributed by atoms with van der Waals surface area (Å²) in [6.07, 6.45) is 45.1. The van der Waals surface area contributed by atoms with Gasteiger partial charge in [-0.3, -0.25) is 14.4 Å². The first-order chi connectivity index (χ1) is 28.3. The SMILES string of the molecule is CCCCCCCCCCCCC(=O)OC[C@H](COC(=O)CCCCCCCCCCCCCCCCCC(C)C)OC(=O)CCCCCCCCCCC(C)CC. The first kappa shape index (κ1) is 56.4. The molecule has 0 bridgehead atoms. The van der Waals surface area contributed by atoms with Gasteiger partial charge in [0.05, 0.1) is 0 Å². The van der Waals surface area contributed by atoms with E-state index in [-0.39, 0.29) is 31.1 Å². The van der Waals surface area contributed by atoms with Crippen molar-refractivity contribution in [3.05, 3.63) is 0 Å². The number of rotatable bonds is 46. The van der Waals surface area contributed by atoms with Crippen LogP contribution in [0.15, 0.2) is 0 Å². The second-order valence-corrected chi connectivity index (χ2v) is 18.5. The second kappa shape index (κ2) is 44.9. The highest BCUT2D eigenvalue weighted by Gasteiger charge is 2.19. The van der Waals surface area contributed by atoms with Gasteiger partial charge in [-0.2, -0.15) is 0 Å². The number of carbonyl (C=O) groups is 3. The van der Waals surface area contributed by atoms with Crippen LogP contribution in [0.1, 0.15) is 285 Å². The summed E-state index contributed by atoms with van der Waals surface area (Å²) in [5, 5.41) is 0. The van der Waals surface area contributed by atoms with Crippen molar-refractivity contribution >= 4 is 17.9 Å². The molecule has 344 valence electrons. The van der Waals surface area contributed by atoms with Gasteiger partial charge in [0.15, 0.2) is 6.10 Å². The lowest BCUT2D eigenvalue weighted by molar-refractivity contribution is -0.167. The Kier molecular flexibility index (Phi) is 43.7. The quantitative estimate of drug-likeness (QED) is 0.0346. The molecular weight excluding hydrogens is 721 g/mol. The molecule has 0 aromatic carbocycles. The molecule has 1 unspecified atom stereocenters. The second-order valence-electron chi connectivity index (χ2n) is 18.5. The Morgan fingerprint density at radius 1 is 0.362 bits per heavy atom. The van der Waals surface area contributed by atoms with Crippen molar-refractivity contribution in [2.45, 2.75) is 291 Å². The van der Waals surface area contributed by atoms with Crippen LogP contribution in [0.4, 0.5) is 0 Å². The van der Waals surface area contributed by atoms with Crippen LogP contribution in [0, 0.1) is 11.8 Å². The maximum Gasteiger partial charge on any atom is 0.306 e. The normalized spacial score (nSPS) is 12.5. The van der Waals surface area contributed by atoms with Gasteiger partial charge in [-0.15, -0.1) is 0 Å². The van der Waals surface area contributed by atoms with Gasteiger partial charge in [0.25, 0.3) is 0 Å². The fourth-order valence-electron chi connectivity index (χ4n) is 7.78. The van der Waals surface area contributed by atoms with E-state index >= 15 is 0 Å². The molecule has 0 N–H and O–H groups in total. The topological polar surface area (TPSA) is 78.9 Å². The average molecular weight is 821 g/mol. The molecule has 6 heteroatoms. The molecule has 0 aromatic heterocycles. The predicted molar refractivity (Wildman–Crippen MR) is 247 cm³/mol. The highest BCUT2D eigenvalue weighted by molar-refractivity contribution is 5.71. The molecular formula is C52H100O6. The zero-order valence-electron chi connectivity index (χ0n) is 39.7. The van der Waals surface area contributed by atoms with E-state index in [1.807, 2.05) is 0 Å². The number of hydrogen-bond acceptors (Lipinski definition) is 6. The lowest BCUT2D eigenvalue weighted by Gasteiger charge is -2.18. The lowest BCUT2D eigenvalue weighted by atomic mass is 9.99. The van der Waals surface area contributed by atoms with Gasteiger partial charge in [-0.05, 0) is 31.1 Å². The Balaban J connectivity index is 4.26. The highest BCUT2D eigenvalue weighted by atomic mass is 16.6. The minimum Gasteiger partial charge on any atom is -0.462 e. The summed E-state index contributed by atoms with van der Waals surface area (Å²) in [6.45, 7) is 11.4. The number of carbonyl (C=O) groups excluding carboxylic acids is 3. The van der Waals surface area contributed by atoms with Crippen molar-refractivity contribution in [1.82, 2.24) is 0 Å². The Morgan fingerprint density at radius 3 is 0.983 bits per heavy atom. The Labute approximate surface area is 361 Å². The van der Waals surface area contributed by atoms with Gasteiger partial charge in [0, 0.05) is 19.3 Å². The molecule has 0 fully saturated rings. The van der Waals surface area contributed by atoms with Crippen LogP contribution in [0.5, 0.6) is 0 Å². The summed E-state index contributed by atoms with van der Waals surface area (Å²) in [4.78, 5) is 37.9. The molecule has 0 saturated heterocycles. The van der Waals surface area contributed by atoms with Gasteiger partial charge in [-0.25, -0.2) is 0 Å². The lowest BCUT2D eigenvalue weighted by Crippen LogP contribution is -2.30. The molecule has 2 atom stereocenters. The van der Waals surface area contributed by atoms with E-state index < -0.39 is 6.10 Å². The summed E-state index contributed by atoms with van der Waals surface area (Å²) in [7, 11) is 0. The Bertz CT molecular complexity index is 887. The van der Waals surface area contributed by atoms with Crippen LogP contribution in [-0.2, 0) is 28.6 Å². The maximum absolute atomic E-state index is 12.8. The summed E-state index contributed by atoms with van der Waals surface area (Å²) < 4.78 is 16.8. The van der Waals surface area contributed by atoms with E-state index in [4.69, 9.17) is 14.2 Å². The summed E-state index contributed by atoms with van der Waals surface area (Å²) in [6, 6.07) is 0. The van der Waals surface area contributed by atoms with E-state index in [9.17, 15) is 14.4 Å². The molecule has 0 rings (SSSR count). The average Bonchev–Trinajstić information content (AvgIpc) is 3.21. The summed E-state index contributed by atoms with van der Waals surface area (Å²) in [5.41, 5.74) is 0. The zero-order chi connectivity index (χ0) is 42.6. The van der Waals surface area contributed by atoms with Crippen LogP contribution in [-0.4, -0.2) is 37.2 Å². The van der Waals surface area contributed by atoms with E-state index in [1.165, 1.54) is 173 Å². The van der Waals surface area contributed by atoms with Crippen molar-refractivity contribution in [3.63, 3.8) is 0 Å². The van der Waals surface area contributed by atoms with E-state index in [0.717, 1.165) is 69.6 Å². The maximum atomic E-state index is 12.8. The fraction of sp³-hybridized carbons (Fsp3) is 0.942. The van der Waals surface area contributed by atoms with Crippen molar-refractivity contribution < 1.29 is 28.6 Å². The van der Waals surface area contributed by atoms with Crippen molar-refractivity contribution in [3.8, 4) is 0 Å². The first-order valence-electron chi connectivity index (χ1n) is 25.8. The summed E-state index contributed by atoms with van der Waals surface area (Å²) in [5.74, 6) is 0.843. The van der Waals surface area contributed by atoms with E-state index in [1.54, 1.807) is 0 Å². The van der Waals surface area contributed by atoms with Crippen LogP contribution >= 0.6 is 0 Å². The Hall–Kier alpha value is -1.59. The molecule has 0 aliphatic rings. The predicted octanol–water partition coefficient (Wildman–Crippen LogP) is 16.5. The van der Waals surface area contributed by atoms with E-state index in [0.29, 0.717) is 19.3 Å². The van der Waals surface area contributed by atoms with Gasteiger partial charge < -0.3 is 14.2 Å². The molecule has 0 amide bonds. The smallest absolute Gasteiger partial charge is 0.306 e. The highest BCUT2D eigenvalue weighted by Crippen LogP contribution is 2.18. The number of esters is 3. The number of hydrogen-bond donors (Lipinski definition) is 0. The minimum atomic E-state index is -0.761. The molecule has 0 aliphatic carbocycles.